The fourth-order valence-corrected chi connectivity index (χ4v) is 3.25. The van der Waals surface area contributed by atoms with Crippen LogP contribution >= 0.6 is 0 Å². The van der Waals surface area contributed by atoms with E-state index in [0.717, 1.165) is 0 Å². The predicted octanol–water partition coefficient (Wildman–Crippen LogP) is 0.472. The maximum absolute atomic E-state index is 12.3. The number of carbonyl (C=O) groups excluding carboxylic acids is 2. The van der Waals surface area contributed by atoms with Gasteiger partial charge in [0.1, 0.15) is 0 Å². The standard InChI is InChI=1S/C14H22N2O4/c1-15-12(17)9-4-6-16(7-5-9)13(18)10-2-3-11(8-10)14(19)20/h9-11H,2-8H2,1H3,(H,15,17)(H,19,20). The number of rotatable bonds is 3. The number of carboxylic acid groups (broad SMARTS) is 1. The molecule has 2 atom stereocenters. The summed E-state index contributed by atoms with van der Waals surface area (Å²) in [5.41, 5.74) is 0. The first-order valence-electron chi connectivity index (χ1n) is 7.26. The lowest BCUT2D eigenvalue weighted by Crippen LogP contribution is -2.44. The molecule has 112 valence electrons. The third kappa shape index (κ3) is 3.11. The summed E-state index contributed by atoms with van der Waals surface area (Å²) in [6, 6.07) is 0. The molecule has 0 radical (unpaired) electrons. The van der Waals surface area contributed by atoms with Crippen LogP contribution in [-0.4, -0.2) is 47.9 Å². The molecule has 2 rings (SSSR count). The first-order chi connectivity index (χ1) is 9.52. The average molecular weight is 282 g/mol. The van der Waals surface area contributed by atoms with Crippen molar-refractivity contribution in [3.05, 3.63) is 0 Å². The second kappa shape index (κ2) is 6.24. The van der Waals surface area contributed by atoms with Crippen LogP contribution in [0.2, 0.25) is 0 Å². The van der Waals surface area contributed by atoms with Crippen LogP contribution in [0.25, 0.3) is 0 Å². The van der Waals surface area contributed by atoms with Crippen molar-refractivity contribution >= 4 is 17.8 Å². The summed E-state index contributed by atoms with van der Waals surface area (Å²) < 4.78 is 0. The van der Waals surface area contributed by atoms with E-state index in [9.17, 15) is 14.4 Å². The molecular formula is C14H22N2O4. The lowest BCUT2D eigenvalue weighted by molar-refractivity contribution is -0.142. The molecule has 20 heavy (non-hydrogen) atoms. The number of aliphatic carboxylic acids is 1. The number of hydrogen-bond donors (Lipinski definition) is 2. The quantitative estimate of drug-likeness (QED) is 0.788. The second-order valence-corrected chi connectivity index (χ2v) is 5.76. The minimum Gasteiger partial charge on any atom is -0.481 e. The summed E-state index contributed by atoms with van der Waals surface area (Å²) in [7, 11) is 1.63. The van der Waals surface area contributed by atoms with Gasteiger partial charge in [0.2, 0.25) is 11.8 Å². The highest BCUT2D eigenvalue weighted by atomic mass is 16.4. The molecule has 0 aromatic heterocycles. The lowest BCUT2D eigenvalue weighted by Gasteiger charge is -2.32. The van der Waals surface area contributed by atoms with E-state index >= 15 is 0 Å². The zero-order valence-electron chi connectivity index (χ0n) is 11.8. The Balaban J connectivity index is 1.83. The van der Waals surface area contributed by atoms with Crippen molar-refractivity contribution in [3.63, 3.8) is 0 Å². The molecule has 2 unspecified atom stereocenters. The van der Waals surface area contributed by atoms with Gasteiger partial charge >= 0.3 is 5.97 Å². The summed E-state index contributed by atoms with van der Waals surface area (Å²) in [5, 5.41) is 11.6. The number of likely N-dealkylation sites (tertiary alicyclic amines) is 1. The van der Waals surface area contributed by atoms with Gasteiger partial charge in [-0.25, -0.2) is 0 Å². The highest BCUT2D eigenvalue weighted by Crippen LogP contribution is 2.33. The number of nitrogens with one attached hydrogen (secondary N) is 1. The SMILES string of the molecule is CNC(=O)C1CCN(C(=O)C2CCC(C(=O)O)C2)CC1. The molecule has 2 amide bonds. The minimum atomic E-state index is -0.793. The fraction of sp³-hybridized carbons (Fsp3) is 0.786. The van der Waals surface area contributed by atoms with Crippen molar-refractivity contribution in [2.24, 2.45) is 17.8 Å². The molecule has 1 heterocycles. The van der Waals surface area contributed by atoms with Crippen LogP contribution in [0, 0.1) is 17.8 Å². The van der Waals surface area contributed by atoms with E-state index in [-0.39, 0.29) is 29.6 Å². The summed E-state index contributed by atoms with van der Waals surface area (Å²) in [5.74, 6) is -1.19. The van der Waals surface area contributed by atoms with Gasteiger partial charge in [-0.15, -0.1) is 0 Å². The summed E-state index contributed by atoms with van der Waals surface area (Å²) in [6.07, 6.45) is 3.12. The van der Waals surface area contributed by atoms with E-state index in [4.69, 9.17) is 5.11 Å². The number of amides is 2. The molecule has 0 aromatic rings. The topological polar surface area (TPSA) is 86.7 Å². The molecule has 0 aromatic carbocycles. The van der Waals surface area contributed by atoms with Gasteiger partial charge in [0, 0.05) is 32.0 Å². The third-order valence-corrected chi connectivity index (χ3v) is 4.55. The summed E-state index contributed by atoms with van der Waals surface area (Å²) in [4.78, 5) is 36.6. The number of carboxylic acids is 1. The monoisotopic (exact) mass is 282 g/mol. The minimum absolute atomic E-state index is 0.000559. The van der Waals surface area contributed by atoms with Crippen LogP contribution in [0.4, 0.5) is 0 Å². The first kappa shape index (κ1) is 14.8. The maximum Gasteiger partial charge on any atom is 0.306 e. The van der Waals surface area contributed by atoms with Crippen molar-refractivity contribution in [1.82, 2.24) is 10.2 Å². The summed E-state index contributed by atoms with van der Waals surface area (Å²) >= 11 is 0. The van der Waals surface area contributed by atoms with E-state index in [1.54, 1.807) is 11.9 Å². The smallest absolute Gasteiger partial charge is 0.306 e. The molecule has 1 saturated heterocycles. The Morgan fingerprint density at radius 1 is 1.00 bits per heavy atom. The molecule has 2 fully saturated rings. The van der Waals surface area contributed by atoms with Gasteiger partial charge in [-0.1, -0.05) is 0 Å². The Labute approximate surface area is 118 Å². The van der Waals surface area contributed by atoms with Crippen LogP contribution in [0.5, 0.6) is 0 Å². The zero-order valence-corrected chi connectivity index (χ0v) is 11.8. The zero-order chi connectivity index (χ0) is 14.7. The molecule has 1 aliphatic heterocycles. The molecule has 1 saturated carbocycles. The molecule has 2 aliphatic rings. The first-order valence-corrected chi connectivity index (χ1v) is 7.26. The van der Waals surface area contributed by atoms with Crippen LogP contribution in [0.1, 0.15) is 32.1 Å². The molecule has 0 spiro atoms. The normalized spacial score (nSPS) is 27.4. The van der Waals surface area contributed by atoms with Gasteiger partial charge in [-0.05, 0) is 32.1 Å². The lowest BCUT2D eigenvalue weighted by atomic mass is 9.94. The van der Waals surface area contributed by atoms with E-state index in [1.165, 1.54) is 0 Å². The van der Waals surface area contributed by atoms with Crippen molar-refractivity contribution in [2.75, 3.05) is 20.1 Å². The summed E-state index contributed by atoms with van der Waals surface area (Å²) in [6.45, 7) is 1.20. The van der Waals surface area contributed by atoms with E-state index < -0.39 is 5.97 Å². The van der Waals surface area contributed by atoms with Crippen molar-refractivity contribution in [1.29, 1.82) is 0 Å². The van der Waals surface area contributed by atoms with Crippen LogP contribution in [-0.2, 0) is 14.4 Å². The Hall–Kier alpha value is -1.59. The van der Waals surface area contributed by atoms with Gasteiger partial charge in [-0.2, -0.15) is 0 Å². The van der Waals surface area contributed by atoms with E-state index in [2.05, 4.69) is 5.32 Å². The maximum atomic E-state index is 12.3. The molecule has 6 nitrogen and oxygen atoms in total. The van der Waals surface area contributed by atoms with Crippen LogP contribution in [0.15, 0.2) is 0 Å². The molecule has 0 bridgehead atoms. The third-order valence-electron chi connectivity index (χ3n) is 4.55. The number of piperidine rings is 1. The number of carbonyl (C=O) groups is 3. The van der Waals surface area contributed by atoms with Gasteiger partial charge in [0.25, 0.3) is 0 Å². The fourth-order valence-electron chi connectivity index (χ4n) is 3.25. The molecule has 6 heteroatoms. The molecule has 1 aliphatic carbocycles. The average Bonchev–Trinajstić information content (AvgIpc) is 2.96. The van der Waals surface area contributed by atoms with E-state index in [0.29, 0.717) is 45.2 Å². The Morgan fingerprint density at radius 3 is 2.10 bits per heavy atom. The highest BCUT2D eigenvalue weighted by Gasteiger charge is 2.37. The van der Waals surface area contributed by atoms with Gasteiger partial charge < -0.3 is 15.3 Å². The molecular weight excluding hydrogens is 260 g/mol. The van der Waals surface area contributed by atoms with E-state index in [1.807, 2.05) is 0 Å². The highest BCUT2D eigenvalue weighted by molar-refractivity contribution is 5.82. The van der Waals surface area contributed by atoms with Crippen molar-refractivity contribution in [2.45, 2.75) is 32.1 Å². The van der Waals surface area contributed by atoms with Crippen LogP contribution in [0.3, 0.4) is 0 Å². The Bertz CT molecular complexity index is 402. The second-order valence-electron chi connectivity index (χ2n) is 5.76. The van der Waals surface area contributed by atoms with Crippen molar-refractivity contribution < 1.29 is 19.5 Å². The largest absolute Gasteiger partial charge is 0.481 e. The Morgan fingerprint density at radius 2 is 1.60 bits per heavy atom. The molecule has 2 N–H and O–H groups in total. The number of nitrogens with zero attached hydrogens (tertiary/aromatic N) is 1. The van der Waals surface area contributed by atoms with Crippen LogP contribution < -0.4 is 5.32 Å². The predicted molar refractivity (Wildman–Crippen MR) is 71.8 cm³/mol. The van der Waals surface area contributed by atoms with Gasteiger partial charge in [-0.3, -0.25) is 14.4 Å². The van der Waals surface area contributed by atoms with Gasteiger partial charge in [0.15, 0.2) is 0 Å². The Kier molecular flexibility index (Phi) is 4.62. The van der Waals surface area contributed by atoms with Gasteiger partial charge in [0.05, 0.1) is 5.92 Å². The van der Waals surface area contributed by atoms with Crippen molar-refractivity contribution in [3.8, 4) is 0 Å². The number of hydrogen-bond acceptors (Lipinski definition) is 3.